The van der Waals surface area contributed by atoms with Crippen molar-refractivity contribution in [3.05, 3.63) is 0 Å². The van der Waals surface area contributed by atoms with Gasteiger partial charge in [-0.15, -0.1) is 0 Å². The largest absolute Gasteiger partial charge is 0.309 e. The maximum Gasteiger partial charge on any atom is 0.0278 e. The highest BCUT2D eigenvalue weighted by atomic mass is 15.3. The smallest absolute Gasteiger partial charge is 0.0278 e. The SMILES string of the molecule is CCCC1(CN2CC(C)(CC)NCC2CC)CC1. The predicted octanol–water partition coefficient (Wildman–Crippen LogP) is 3.42. The summed E-state index contributed by atoms with van der Waals surface area (Å²) in [4.78, 5) is 2.81. The molecule has 0 aromatic carbocycles. The van der Waals surface area contributed by atoms with E-state index in [0.717, 1.165) is 6.04 Å². The Hall–Kier alpha value is -0.0800. The van der Waals surface area contributed by atoms with Crippen LogP contribution in [0.1, 0.15) is 66.2 Å². The molecule has 2 aliphatic rings. The molecule has 1 saturated heterocycles. The summed E-state index contributed by atoms with van der Waals surface area (Å²) < 4.78 is 0. The third kappa shape index (κ3) is 3.08. The molecule has 1 aliphatic heterocycles. The highest BCUT2D eigenvalue weighted by Gasteiger charge is 2.45. The highest BCUT2D eigenvalue weighted by molar-refractivity contribution is 5.00. The zero-order chi connectivity index (χ0) is 13.2. The molecule has 1 N–H and O–H groups in total. The third-order valence-corrected chi connectivity index (χ3v) is 5.36. The average Bonchev–Trinajstić information content (AvgIpc) is 3.10. The summed E-state index contributed by atoms with van der Waals surface area (Å²) >= 11 is 0. The van der Waals surface area contributed by atoms with Gasteiger partial charge in [0.05, 0.1) is 0 Å². The van der Waals surface area contributed by atoms with Gasteiger partial charge in [0.1, 0.15) is 0 Å². The summed E-state index contributed by atoms with van der Waals surface area (Å²) in [5.74, 6) is 0. The van der Waals surface area contributed by atoms with Crippen molar-refractivity contribution in [1.29, 1.82) is 0 Å². The Balaban J connectivity index is 1.98. The van der Waals surface area contributed by atoms with E-state index in [1.807, 2.05) is 0 Å². The Morgan fingerprint density at radius 1 is 1.22 bits per heavy atom. The zero-order valence-corrected chi connectivity index (χ0v) is 12.9. The number of rotatable bonds is 6. The molecular weight excluding hydrogens is 220 g/mol. The van der Waals surface area contributed by atoms with Gasteiger partial charge in [-0.1, -0.05) is 27.2 Å². The second kappa shape index (κ2) is 5.50. The Morgan fingerprint density at radius 3 is 2.44 bits per heavy atom. The topological polar surface area (TPSA) is 15.3 Å². The first-order chi connectivity index (χ1) is 8.56. The molecule has 1 saturated carbocycles. The monoisotopic (exact) mass is 252 g/mol. The van der Waals surface area contributed by atoms with Crippen LogP contribution >= 0.6 is 0 Å². The fraction of sp³-hybridized carbons (Fsp3) is 1.00. The van der Waals surface area contributed by atoms with E-state index < -0.39 is 0 Å². The van der Waals surface area contributed by atoms with Crippen molar-refractivity contribution >= 4 is 0 Å². The Morgan fingerprint density at radius 2 is 1.94 bits per heavy atom. The molecule has 18 heavy (non-hydrogen) atoms. The molecule has 2 rings (SSSR count). The molecule has 106 valence electrons. The Labute approximate surface area is 114 Å². The molecule has 0 radical (unpaired) electrons. The van der Waals surface area contributed by atoms with Crippen molar-refractivity contribution in [2.75, 3.05) is 19.6 Å². The van der Waals surface area contributed by atoms with Crippen molar-refractivity contribution in [2.24, 2.45) is 5.41 Å². The lowest BCUT2D eigenvalue weighted by atomic mass is 9.90. The van der Waals surface area contributed by atoms with E-state index in [1.54, 1.807) is 0 Å². The lowest BCUT2D eigenvalue weighted by Gasteiger charge is -2.47. The van der Waals surface area contributed by atoms with Crippen LogP contribution in [0.5, 0.6) is 0 Å². The number of nitrogens with zero attached hydrogens (tertiary/aromatic N) is 1. The van der Waals surface area contributed by atoms with Crippen LogP contribution in [0.2, 0.25) is 0 Å². The van der Waals surface area contributed by atoms with Crippen molar-refractivity contribution in [3.8, 4) is 0 Å². The van der Waals surface area contributed by atoms with Crippen molar-refractivity contribution in [2.45, 2.75) is 77.8 Å². The van der Waals surface area contributed by atoms with Gasteiger partial charge in [-0.05, 0) is 44.4 Å². The van der Waals surface area contributed by atoms with E-state index in [0.29, 0.717) is 11.0 Å². The molecule has 1 aliphatic carbocycles. The predicted molar refractivity (Wildman–Crippen MR) is 78.9 cm³/mol. The lowest BCUT2D eigenvalue weighted by Crippen LogP contribution is -2.63. The number of piperazine rings is 1. The highest BCUT2D eigenvalue weighted by Crippen LogP contribution is 2.50. The van der Waals surface area contributed by atoms with Gasteiger partial charge in [0.15, 0.2) is 0 Å². The molecule has 0 spiro atoms. The van der Waals surface area contributed by atoms with E-state index >= 15 is 0 Å². The summed E-state index contributed by atoms with van der Waals surface area (Å²) in [5.41, 5.74) is 1.04. The van der Waals surface area contributed by atoms with Gasteiger partial charge in [0.25, 0.3) is 0 Å². The first kappa shape index (κ1) is 14.3. The van der Waals surface area contributed by atoms with Crippen LogP contribution in [-0.2, 0) is 0 Å². The average molecular weight is 252 g/mol. The van der Waals surface area contributed by atoms with Crippen LogP contribution < -0.4 is 5.32 Å². The normalized spacial score (nSPS) is 35.7. The summed E-state index contributed by atoms with van der Waals surface area (Å²) in [5, 5.41) is 3.77. The van der Waals surface area contributed by atoms with Crippen LogP contribution in [0.4, 0.5) is 0 Å². The van der Waals surface area contributed by atoms with E-state index in [-0.39, 0.29) is 0 Å². The fourth-order valence-corrected chi connectivity index (χ4v) is 3.58. The van der Waals surface area contributed by atoms with Crippen molar-refractivity contribution < 1.29 is 0 Å². The molecule has 2 atom stereocenters. The van der Waals surface area contributed by atoms with Gasteiger partial charge in [0.2, 0.25) is 0 Å². The second-order valence-electron chi connectivity index (χ2n) is 7.01. The summed E-state index contributed by atoms with van der Waals surface area (Å²) in [6.45, 7) is 13.2. The van der Waals surface area contributed by atoms with E-state index in [2.05, 4.69) is 37.9 Å². The van der Waals surface area contributed by atoms with E-state index in [9.17, 15) is 0 Å². The van der Waals surface area contributed by atoms with Crippen LogP contribution in [-0.4, -0.2) is 36.1 Å². The molecule has 0 aromatic rings. The van der Waals surface area contributed by atoms with Crippen molar-refractivity contribution in [3.63, 3.8) is 0 Å². The maximum absolute atomic E-state index is 3.77. The minimum Gasteiger partial charge on any atom is -0.309 e. The standard InChI is InChI=1S/C16H32N2/c1-5-8-16(9-10-16)13-18-12-15(4,7-3)17-11-14(18)6-2/h14,17H,5-13H2,1-4H3. The van der Waals surface area contributed by atoms with Crippen LogP contribution in [0, 0.1) is 5.41 Å². The molecule has 0 aromatic heterocycles. The fourth-order valence-electron chi connectivity index (χ4n) is 3.58. The maximum atomic E-state index is 3.77. The quantitative estimate of drug-likeness (QED) is 0.779. The molecule has 1 heterocycles. The minimum atomic E-state index is 0.341. The molecular formula is C16H32N2. The summed E-state index contributed by atoms with van der Waals surface area (Å²) in [6.07, 6.45) is 8.27. The van der Waals surface area contributed by atoms with Gasteiger partial charge in [0, 0.05) is 31.2 Å². The van der Waals surface area contributed by atoms with Gasteiger partial charge in [-0.25, -0.2) is 0 Å². The first-order valence-corrected chi connectivity index (χ1v) is 8.05. The Bertz CT molecular complexity index is 272. The first-order valence-electron chi connectivity index (χ1n) is 8.05. The van der Waals surface area contributed by atoms with Crippen LogP contribution in [0.3, 0.4) is 0 Å². The minimum absolute atomic E-state index is 0.341. The van der Waals surface area contributed by atoms with Gasteiger partial charge >= 0.3 is 0 Å². The molecule has 0 bridgehead atoms. The lowest BCUT2D eigenvalue weighted by molar-refractivity contribution is 0.0613. The Kier molecular flexibility index (Phi) is 4.38. The second-order valence-corrected chi connectivity index (χ2v) is 7.01. The van der Waals surface area contributed by atoms with Crippen molar-refractivity contribution in [1.82, 2.24) is 10.2 Å². The molecule has 2 unspecified atom stereocenters. The molecule has 0 amide bonds. The zero-order valence-electron chi connectivity index (χ0n) is 12.9. The number of hydrogen-bond acceptors (Lipinski definition) is 2. The summed E-state index contributed by atoms with van der Waals surface area (Å²) in [7, 11) is 0. The van der Waals surface area contributed by atoms with Crippen LogP contribution in [0.15, 0.2) is 0 Å². The molecule has 2 nitrogen and oxygen atoms in total. The van der Waals surface area contributed by atoms with Crippen LogP contribution in [0.25, 0.3) is 0 Å². The van der Waals surface area contributed by atoms with Gasteiger partial charge in [-0.3, -0.25) is 4.90 Å². The number of nitrogens with one attached hydrogen (secondary N) is 1. The number of hydrogen-bond donors (Lipinski definition) is 1. The molecule has 2 heteroatoms. The van der Waals surface area contributed by atoms with Gasteiger partial charge < -0.3 is 5.32 Å². The van der Waals surface area contributed by atoms with E-state index in [4.69, 9.17) is 0 Å². The summed E-state index contributed by atoms with van der Waals surface area (Å²) in [6, 6.07) is 0.763. The van der Waals surface area contributed by atoms with E-state index in [1.165, 1.54) is 58.2 Å². The molecule has 2 fully saturated rings. The van der Waals surface area contributed by atoms with Gasteiger partial charge in [-0.2, -0.15) is 0 Å². The third-order valence-electron chi connectivity index (χ3n) is 5.36.